The first-order chi connectivity index (χ1) is 8.72. The van der Waals surface area contributed by atoms with Gasteiger partial charge in [0.05, 0.1) is 13.3 Å². The van der Waals surface area contributed by atoms with Crippen molar-refractivity contribution < 1.29 is 9.13 Å². The van der Waals surface area contributed by atoms with E-state index in [1.165, 1.54) is 13.2 Å². The molecule has 0 saturated carbocycles. The summed E-state index contributed by atoms with van der Waals surface area (Å²) in [6.45, 7) is 3.49. The summed E-state index contributed by atoms with van der Waals surface area (Å²) >= 11 is 0. The van der Waals surface area contributed by atoms with Crippen LogP contribution in [0.15, 0.2) is 30.6 Å². The van der Waals surface area contributed by atoms with Gasteiger partial charge in [-0.15, -0.1) is 0 Å². The van der Waals surface area contributed by atoms with Crippen LogP contribution in [0.2, 0.25) is 0 Å². The van der Waals surface area contributed by atoms with E-state index in [0.717, 1.165) is 17.8 Å². The number of nitrogens with zero attached hydrogens (tertiary/aromatic N) is 2. The summed E-state index contributed by atoms with van der Waals surface area (Å²) in [7, 11) is 1.45. The lowest BCUT2D eigenvalue weighted by atomic mass is 10.2. The van der Waals surface area contributed by atoms with Crippen molar-refractivity contribution in [2.75, 3.05) is 12.4 Å². The van der Waals surface area contributed by atoms with Gasteiger partial charge in [-0.1, -0.05) is 0 Å². The number of nitrogens with one attached hydrogen (secondary N) is 1. The molecule has 0 amide bonds. The Morgan fingerprint density at radius 3 is 2.89 bits per heavy atom. The molecule has 2 aromatic rings. The van der Waals surface area contributed by atoms with Crippen molar-refractivity contribution in [2.45, 2.75) is 20.0 Å². The number of hydrogen-bond acceptors (Lipinski definition) is 3. The molecule has 4 nitrogen and oxygen atoms in total. The van der Waals surface area contributed by atoms with Crippen LogP contribution in [0, 0.1) is 5.82 Å². The molecule has 0 saturated heterocycles. The second-order valence-electron chi connectivity index (χ2n) is 3.91. The van der Waals surface area contributed by atoms with E-state index >= 15 is 0 Å². The first kappa shape index (κ1) is 12.4. The minimum absolute atomic E-state index is 0.249. The molecular formula is C13H16FN3O. The van der Waals surface area contributed by atoms with E-state index in [2.05, 4.69) is 10.4 Å². The van der Waals surface area contributed by atoms with Crippen LogP contribution >= 0.6 is 0 Å². The van der Waals surface area contributed by atoms with Gasteiger partial charge in [0.1, 0.15) is 0 Å². The summed E-state index contributed by atoms with van der Waals surface area (Å²) in [5.74, 6) is -0.119. The number of rotatable bonds is 5. The number of anilines is 1. The standard InChI is InChI=1S/C13H16FN3O/c1-3-17-9-10(8-16-17)7-15-11-4-5-13(18-2)12(14)6-11/h4-6,8-9,15H,3,7H2,1-2H3. The Labute approximate surface area is 105 Å². The van der Waals surface area contributed by atoms with Crippen molar-refractivity contribution in [2.24, 2.45) is 0 Å². The Hall–Kier alpha value is -2.04. The molecule has 0 atom stereocenters. The zero-order valence-corrected chi connectivity index (χ0v) is 10.5. The van der Waals surface area contributed by atoms with E-state index < -0.39 is 0 Å². The van der Waals surface area contributed by atoms with Gasteiger partial charge in [-0.25, -0.2) is 4.39 Å². The lowest BCUT2D eigenvalue weighted by Crippen LogP contribution is -1.99. The van der Waals surface area contributed by atoms with E-state index in [4.69, 9.17) is 4.74 Å². The maximum atomic E-state index is 13.5. The summed E-state index contributed by atoms with van der Waals surface area (Å²) in [4.78, 5) is 0. The monoisotopic (exact) mass is 249 g/mol. The third-order valence-electron chi connectivity index (χ3n) is 2.66. The first-order valence-corrected chi connectivity index (χ1v) is 5.81. The number of aromatic nitrogens is 2. The number of aryl methyl sites for hydroxylation is 1. The van der Waals surface area contributed by atoms with Gasteiger partial charge in [-0.3, -0.25) is 4.68 Å². The van der Waals surface area contributed by atoms with Crippen LogP contribution in [0.3, 0.4) is 0 Å². The molecule has 0 aliphatic rings. The van der Waals surface area contributed by atoms with Crippen LogP contribution in [0.4, 0.5) is 10.1 Å². The van der Waals surface area contributed by atoms with Gasteiger partial charge < -0.3 is 10.1 Å². The number of hydrogen-bond donors (Lipinski definition) is 1. The van der Waals surface area contributed by atoms with Gasteiger partial charge in [-0.2, -0.15) is 5.10 Å². The van der Waals surface area contributed by atoms with Crippen LogP contribution in [0.1, 0.15) is 12.5 Å². The van der Waals surface area contributed by atoms with Gasteiger partial charge in [-0.05, 0) is 19.1 Å². The molecule has 1 N–H and O–H groups in total. The molecule has 1 aromatic carbocycles. The van der Waals surface area contributed by atoms with Crippen LogP contribution in [0.25, 0.3) is 0 Å². The van der Waals surface area contributed by atoms with E-state index in [-0.39, 0.29) is 11.6 Å². The Morgan fingerprint density at radius 1 is 1.44 bits per heavy atom. The normalized spacial score (nSPS) is 10.4. The molecule has 0 aliphatic carbocycles. The number of halogens is 1. The predicted octanol–water partition coefficient (Wildman–Crippen LogP) is 2.66. The molecule has 1 heterocycles. The molecule has 0 spiro atoms. The molecule has 96 valence electrons. The number of benzene rings is 1. The molecule has 2 rings (SSSR count). The van der Waals surface area contributed by atoms with Crippen molar-refractivity contribution >= 4 is 5.69 Å². The minimum atomic E-state index is -0.369. The third-order valence-corrected chi connectivity index (χ3v) is 2.66. The highest BCUT2D eigenvalue weighted by Gasteiger charge is 2.03. The van der Waals surface area contributed by atoms with E-state index in [1.807, 2.05) is 17.8 Å². The molecule has 0 radical (unpaired) electrons. The second-order valence-corrected chi connectivity index (χ2v) is 3.91. The van der Waals surface area contributed by atoms with Crippen molar-refractivity contribution in [3.63, 3.8) is 0 Å². The van der Waals surface area contributed by atoms with Crippen LogP contribution in [-0.2, 0) is 13.1 Å². The highest BCUT2D eigenvalue weighted by molar-refractivity contribution is 5.47. The van der Waals surface area contributed by atoms with Crippen LogP contribution < -0.4 is 10.1 Å². The van der Waals surface area contributed by atoms with Gasteiger partial charge in [0.15, 0.2) is 11.6 Å². The molecule has 18 heavy (non-hydrogen) atoms. The predicted molar refractivity (Wildman–Crippen MR) is 68.2 cm³/mol. The van der Waals surface area contributed by atoms with Crippen molar-refractivity contribution in [1.82, 2.24) is 9.78 Å². The summed E-state index contributed by atoms with van der Waals surface area (Å²) in [5.41, 5.74) is 1.78. The topological polar surface area (TPSA) is 39.1 Å². The van der Waals surface area contributed by atoms with Crippen molar-refractivity contribution in [3.05, 3.63) is 42.0 Å². The molecule has 1 aromatic heterocycles. The Balaban J connectivity index is 1.99. The zero-order chi connectivity index (χ0) is 13.0. The van der Waals surface area contributed by atoms with Gasteiger partial charge >= 0.3 is 0 Å². The Kier molecular flexibility index (Phi) is 3.82. The average molecular weight is 249 g/mol. The van der Waals surface area contributed by atoms with Gasteiger partial charge in [0.25, 0.3) is 0 Å². The Bertz CT molecular complexity index is 525. The Morgan fingerprint density at radius 2 is 2.28 bits per heavy atom. The lowest BCUT2D eigenvalue weighted by molar-refractivity contribution is 0.386. The van der Waals surface area contributed by atoms with Crippen molar-refractivity contribution in [1.29, 1.82) is 0 Å². The fourth-order valence-corrected chi connectivity index (χ4v) is 1.65. The number of methoxy groups -OCH3 is 1. The highest BCUT2D eigenvalue weighted by Crippen LogP contribution is 2.20. The fraction of sp³-hybridized carbons (Fsp3) is 0.308. The van der Waals surface area contributed by atoms with E-state index in [1.54, 1.807) is 18.3 Å². The molecule has 0 aliphatic heterocycles. The third kappa shape index (κ3) is 2.80. The van der Waals surface area contributed by atoms with Crippen LogP contribution in [0.5, 0.6) is 5.75 Å². The summed E-state index contributed by atoms with van der Waals surface area (Å²) in [5, 5.41) is 7.32. The summed E-state index contributed by atoms with van der Waals surface area (Å²) < 4.78 is 20.2. The zero-order valence-electron chi connectivity index (χ0n) is 10.5. The molecule has 0 bridgehead atoms. The van der Waals surface area contributed by atoms with Crippen LogP contribution in [-0.4, -0.2) is 16.9 Å². The molecule has 5 heteroatoms. The number of ether oxygens (including phenoxy) is 1. The van der Waals surface area contributed by atoms with Gasteiger partial charge in [0, 0.05) is 36.6 Å². The average Bonchev–Trinajstić information content (AvgIpc) is 2.84. The second kappa shape index (κ2) is 5.53. The molecular weight excluding hydrogens is 233 g/mol. The largest absolute Gasteiger partial charge is 0.494 e. The minimum Gasteiger partial charge on any atom is -0.494 e. The lowest BCUT2D eigenvalue weighted by Gasteiger charge is -2.07. The molecule has 0 unspecified atom stereocenters. The maximum absolute atomic E-state index is 13.5. The SMILES string of the molecule is CCn1cc(CNc2ccc(OC)c(F)c2)cn1. The fourth-order valence-electron chi connectivity index (χ4n) is 1.65. The van der Waals surface area contributed by atoms with Gasteiger partial charge in [0.2, 0.25) is 0 Å². The van der Waals surface area contributed by atoms with E-state index in [0.29, 0.717) is 6.54 Å². The quantitative estimate of drug-likeness (QED) is 0.885. The maximum Gasteiger partial charge on any atom is 0.167 e. The summed E-state index contributed by atoms with van der Waals surface area (Å²) in [6, 6.07) is 4.81. The van der Waals surface area contributed by atoms with E-state index in [9.17, 15) is 4.39 Å². The first-order valence-electron chi connectivity index (χ1n) is 5.81. The smallest absolute Gasteiger partial charge is 0.167 e. The highest BCUT2D eigenvalue weighted by atomic mass is 19.1. The molecule has 0 fully saturated rings. The van der Waals surface area contributed by atoms with Crippen molar-refractivity contribution in [3.8, 4) is 5.75 Å². The summed E-state index contributed by atoms with van der Waals surface area (Å²) in [6.07, 6.45) is 3.77.